The van der Waals surface area contributed by atoms with Gasteiger partial charge in [0.05, 0.1) is 24.0 Å². The lowest BCUT2D eigenvalue weighted by atomic mass is 10.1. The van der Waals surface area contributed by atoms with Crippen LogP contribution >= 0.6 is 0 Å². The molecule has 43 heavy (non-hydrogen) atoms. The SMILES string of the molecule is COc1ccc(S(=[N+]=[N-])c2c(Oc3ccc4ccccc4c3S(=[N+]=[N-])c3ccc(OC)cc3)ccc3ccccc23)cc1. The molecule has 7 nitrogen and oxygen atoms in total. The van der Waals surface area contributed by atoms with E-state index in [-0.39, 0.29) is 0 Å². The van der Waals surface area contributed by atoms with Crippen LogP contribution in [0.25, 0.3) is 32.6 Å². The maximum Gasteiger partial charge on any atom is 0.227 e. The van der Waals surface area contributed by atoms with E-state index < -0.39 is 21.4 Å². The molecule has 2 atom stereocenters. The predicted molar refractivity (Wildman–Crippen MR) is 173 cm³/mol. The summed E-state index contributed by atoms with van der Waals surface area (Å²) in [7, 11) is 1.03. The minimum Gasteiger partial charge on any atom is -0.497 e. The van der Waals surface area contributed by atoms with E-state index in [9.17, 15) is 11.1 Å². The summed E-state index contributed by atoms with van der Waals surface area (Å²) in [4.78, 5) is 3.06. The molecular formula is C34H26N4O3S2. The number of ether oxygens (including phenoxy) is 3. The molecule has 0 bridgehead atoms. The van der Waals surface area contributed by atoms with E-state index in [1.165, 1.54) is 0 Å². The standard InChI is InChI=1S/C34H26N4O3S2/c1-39-25-13-17-27(18-14-25)42(37-35)33-29-9-5-3-7-23(29)11-21-31(33)41-32-22-12-24-8-4-6-10-30(24)34(32)43(38-36)28-19-15-26(40-2)16-20-28/h3-22H,1-2H3. The molecule has 0 spiro atoms. The van der Waals surface area contributed by atoms with Gasteiger partial charge in [0.15, 0.2) is 0 Å². The molecule has 0 amide bonds. The Morgan fingerprint density at radius 3 is 1.26 bits per heavy atom. The number of benzene rings is 6. The van der Waals surface area contributed by atoms with Gasteiger partial charge in [0, 0.05) is 10.8 Å². The van der Waals surface area contributed by atoms with E-state index in [1.807, 2.05) is 121 Å². The van der Waals surface area contributed by atoms with Gasteiger partial charge in [0.2, 0.25) is 21.4 Å². The molecular weight excluding hydrogens is 577 g/mol. The van der Waals surface area contributed by atoms with Crippen LogP contribution in [0.2, 0.25) is 0 Å². The summed E-state index contributed by atoms with van der Waals surface area (Å²) in [6, 6.07) is 38.6. The highest BCUT2D eigenvalue weighted by molar-refractivity contribution is 7.87. The van der Waals surface area contributed by atoms with Crippen molar-refractivity contribution in [2.45, 2.75) is 19.6 Å². The second-order valence-electron chi connectivity index (χ2n) is 9.41. The fourth-order valence-corrected chi connectivity index (χ4v) is 7.94. The van der Waals surface area contributed by atoms with Crippen molar-refractivity contribution in [2.24, 2.45) is 0 Å². The van der Waals surface area contributed by atoms with Crippen LogP contribution in [0.3, 0.4) is 0 Å². The van der Waals surface area contributed by atoms with Crippen LogP contribution in [-0.2, 0) is 21.4 Å². The normalized spacial score (nSPS) is 12.2. The molecule has 2 unspecified atom stereocenters. The van der Waals surface area contributed by atoms with Gasteiger partial charge in [-0.3, -0.25) is 0 Å². The molecule has 0 aromatic heterocycles. The van der Waals surface area contributed by atoms with Gasteiger partial charge in [-0.05, 0) is 71.4 Å². The Hall–Kier alpha value is -5.04. The van der Waals surface area contributed by atoms with E-state index in [2.05, 4.69) is 8.32 Å². The molecule has 0 saturated carbocycles. The van der Waals surface area contributed by atoms with Gasteiger partial charge in [-0.2, -0.15) is 0 Å². The first-order chi connectivity index (χ1) is 21.1. The number of rotatable bonds is 8. The van der Waals surface area contributed by atoms with Crippen molar-refractivity contribution in [3.05, 3.63) is 132 Å². The molecule has 0 radical (unpaired) electrons. The van der Waals surface area contributed by atoms with Gasteiger partial charge in [0.1, 0.15) is 32.8 Å². The molecule has 0 fully saturated rings. The van der Waals surface area contributed by atoms with Gasteiger partial charge in [-0.25, -0.2) is 0 Å². The molecule has 0 heterocycles. The van der Waals surface area contributed by atoms with Crippen LogP contribution in [0.4, 0.5) is 0 Å². The lowest BCUT2D eigenvalue weighted by molar-refractivity contribution is 0.414. The monoisotopic (exact) mass is 602 g/mol. The van der Waals surface area contributed by atoms with Crippen LogP contribution < -0.4 is 22.5 Å². The molecule has 6 aromatic rings. The van der Waals surface area contributed by atoms with Gasteiger partial charge in [-0.1, -0.05) is 60.7 Å². The summed E-state index contributed by atoms with van der Waals surface area (Å²) in [5.41, 5.74) is 20.8. The summed E-state index contributed by atoms with van der Waals surface area (Å²) in [6.07, 6.45) is 0. The topological polar surface area (TPSA) is 100 Å². The molecule has 6 rings (SSSR count). The fourth-order valence-electron chi connectivity index (χ4n) is 4.94. The third-order valence-electron chi connectivity index (χ3n) is 7.02. The molecule has 6 aromatic carbocycles. The van der Waals surface area contributed by atoms with Crippen LogP contribution in [0.15, 0.2) is 141 Å². The summed E-state index contributed by atoms with van der Waals surface area (Å²) in [5, 5.41) is 3.78. The van der Waals surface area contributed by atoms with E-state index in [4.69, 9.17) is 14.2 Å². The second-order valence-corrected chi connectivity index (χ2v) is 12.6. The molecule has 0 aliphatic rings. The van der Waals surface area contributed by atoms with Crippen molar-refractivity contribution in [1.29, 1.82) is 0 Å². The lowest BCUT2D eigenvalue weighted by Crippen LogP contribution is -2.03. The maximum atomic E-state index is 10.4. The first-order valence-corrected chi connectivity index (χ1v) is 15.7. The zero-order valence-corrected chi connectivity index (χ0v) is 25.0. The number of hydrogen-bond acceptors (Lipinski definition) is 3. The Labute approximate surface area is 253 Å². The van der Waals surface area contributed by atoms with Crippen molar-refractivity contribution >= 4 is 42.9 Å². The first kappa shape index (κ1) is 28.1. The Bertz CT molecular complexity index is 1930. The van der Waals surface area contributed by atoms with E-state index in [0.717, 1.165) is 41.1 Å². The van der Waals surface area contributed by atoms with Gasteiger partial charge >= 0.3 is 0 Å². The number of fused-ring (bicyclic) bond motifs is 2. The van der Waals surface area contributed by atoms with E-state index >= 15 is 0 Å². The highest BCUT2D eigenvalue weighted by atomic mass is 32.2. The average molecular weight is 603 g/mol. The van der Waals surface area contributed by atoms with E-state index in [1.54, 1.807) is 14.2 Å². The zero-order valence-electron chi connectivity index (χ0n) is 23.4. The molecule has 9 heteroatoms. The molecule has 0 aliphatic carbocycles. The summed E-state index contributed by atoms with van der Waals surface area (Å²) in [5.74, 6) is 2.48. The smallest absolute Gasteiger partial charge is 0.227 e. The predicted octanol–water partition coefficient (Wildman–Crippen LogP) is 8.42. The fraction of sp³-hybridized carbons (Fsp3) is 0.0588. The van der Waals surface area contributed by atoms with Crippen LogP contribution in [0.1, 0.15) is 0 Å². The van der Waals surface area contributed by atoms with Crippen molar-refractivity contribution in [3.8, 4) is 23.0 Å². The first-order valence-electron chi connectivity index (χ1n) is 13.3. The quantitative estimate of drug-likeness (QED) is 0.129. The lowest BCUT2D eigenvalue weighted by Gasteiger charge is -2.15. The number of nitrogens with zero attached hydrogens (tertiary/aromatic N) is 4. The third-order valence-corrected chi connectivity index (χ3v) is 10.4. The van der Waals surface area contributed by atoms with Gasteiger partial charge < -0.3 is 25.3 Å². The Balaban J connectivity index is 1.57. The molecule has 212 valence electrons. The summed E-state index contributed by atoms with van der Waals surface area (Å²) in [6.45, 7) is 0. The van der Waals surface area contributed by atoms with E-state index in [0.29, 0.717) is 23.0 Å². The Morgan fingerprint density at radius 2 is 0.884 bits per heavy atom. The molecule has 0 saturated heterocycles. The largest absolute Gasteiger partial charge is 0.497 e. The number of methoxy groups -OCH3 is 2. The highest BCUT2D eigenvalue weighted by Crippen LogP contribution is 2.41. The zero-order chi connectivity index (χ0) is 29.8. The highest BCUT2D eigenvalue weighted by Gasteiger charge is 2.26. The summed E-state index contributed by atoms with van der Waals surface area (Å²) < 4.78 is 25.2. The maximum absolute atomic E-state index is 10.4. The third kappa shape index (κ3) is 5.46. The van der Waals surface area contributed by atoms with Crippen molar-refractivity contribution in [2.75, 3.05) is 14.2 Å². The van der Waals surface area contributed by atoms with Gasteiger partial charge in [-0.15, -0.1) is 8.32 Å². The Kier molecular flexibility index (Phi) is 8.13. The van der Waals surface area contributed by atoms with Crippen molar-refractivity contribution in [3.63, 3.8) is 0 Å². The Morgan fingerprint density at radius 1 is 0.488 bits per heavy atom. The van der Waals surface area contributed by atoms with Crippen LogP contribution in [0, 0.1) is 0 Å². The minimum atomic E-state index is -1.10. The van der Waals surface area contributed by atoms with Gasteiger partial charge in [0.25, 0.3) is 0 Å². The second kappa shape index (κ2) is 12.4. The molecule has 0 aliphatic heterocycles. The molecule has 0 N–H and O–H groups in total. The number of hydrogen-bond donors (Lipinski definition) is 0. The van der Waals surface area contributed by atoms with Crippen molar-refractivity contribution < 1.29 is 14.2 Å². The van der Waals surface area contributed by atoms with Crippen molar-refractivity contribution in [1.82, 2.24) is 8.32 Å². The van der Waals surface area contributed by atoms with Crippen LogP contribution in [0.5, 0.6) is 23.0 Å². The average Bonchev–Trinajstić information content (AvgIpc) is 3.07. The summed E-state index contributed by atoms with van der Waals surface area (Å²) >= 11 is 0. The minimum absolute atomic E-state index is 0.531. The van der Waals surface area contributed by atoms with Crippen LogP contribution in [-0.4, -0.2) is 14.2 Å².